The number of rotatable bonds is 5. The van der Waals surface area contributed by atoms with E-state index in [0.717, 1.165) is 5.39 Å². The lowest BCUT2D eigenvalue weighted by atomic mass is 10.2. The highest BCUT2D eigenvalue weighted by Gasteiger charge is 2.09. The van der Waals surface area contributed by atoms with E-state index in [1.54, 1.807) is 31.4 Å². The van der Waals surface area contributed by atoms with Crippen LogP contribution in [0, 0.1) is 15.4 Å². The molecule has 3 rings (SSSR count). The number of aromatic nitrogens is 2. The van der Waals surface area contributed by atoms with Gasteiger partial charge in [-0.25, -0.2) is 14.4 Å². The van der Waals surface area contributed by atoms with Crippen LogP contribution in [-0.2, 0) is 16.2 Å². The van der Waals surface area contributed by atoms with Crippen LogP contribution < -0.4 is 9.47 Å². The van der Waals surface area contributed by atoms with E-state index in [2.05, 4.69) is 9.97 Å². The van der Waals surface area contributed by atoms with E-state index in [9.17, 15) is 4.39 Å². The van der Waals surface area contributed by atoms with Crippen molar-refractivity contribution in [3.63, 3.8) is 0 Å². The van der Waals surface area contributed by atoms with Crippen LogP contribution in [0.2, 0.25) is 0 Å². The maximum absolute atomic E-state index is 13.8. The fourth-order valence-electron chi connectivity index (χ4n) is 2.35. The Balaban J connectivity index is 1.89. The summed E-state index contributed by atoms with van der Waals surface area (Å²) in [5.41, 5.74) is 1.23. The molecule has 0 aliphatic heterocycles. The van der Waals surface area contributed by atoms with Gasteiger partial charge in [0.25, 0.3) is 0 Å². The number of nitrogens with zero attached hydrogens (tertiary/aromatic N) is 2. The molecule has 2 aromatic carbocycles. The Kier molecular flexibility index (Phi) is 4.54. The molecule has 1 heterocycles. The predicted octanol–water partition coefficient (Wildman–Crippen LogP) is 4.02. The van der Waals surface area contributed by atoms with Crippen molar-refractivity contribution in [3.8, 4) is 11.6 Å². The lowest BCUT2D eigenvalue weighted by Gasteiger charge is -2.11. The minimum Gasteiger partial charge on any atom is -0.497 e. The molecule has 130 valence electrons. The van der Waals surface area contributed by atoms with Crippen LogP contribution in [0.3, 0.4) is 0 Å². The quantitative estimate of drug-likeness (QED) is 0.719. The van der Waals surface area contributed by atoms with Gasteiger partial charge in [-0.1, -0.05) is 0 Å². The van der Waals surface area contributed by atoms with Crippen molar-refractivity contribution in [1.82, 2.24) is 9.97 Å². The van der Waals surface area contributed by atoms with Gasteiger partial charge in [0.15, 0.2) is 0 Å². The van der Waals surface area contributed by atoms with Gasteiger partial charge in [0.2, 0.25) is 5.88 Å². The number of fused-ring (bicyclic) bond motifs is 1. The second-order valence-corrected chi connectivity index (χ2v) is 7.87. The minimum atomic E-state index is -2.51. The molecule has 8 heteroatoms. The first-order valence-electron chi connectivity index (χ1n) is 7.35. The van der Waals surface area contributed by atoms with E-state index in [1.165, 1.54) is 24.7 Å². The second kappa shape index (κ2) is 6.64. The highest BCUT2D eigenvalue weighted by molar-refractivity contribution is 7.92. The highest BCUT2D eigenvalue weighted by atomic mass is 32.2. The first-order chi connectivity index (χ1) is 11.9. The van der Waals surface area contributed by atoms with Crippen LogP contribution in [-0.4, -0.2) is 23.3 Å². The zero-order valence-corrected chi connectivity index (χ0v) is 14.6. The fraction of sp³-hybridized carbons (Fsp3) is 0.176. The smallest absolute Gasteiger partial charge is 0.224 e. The molecule has 25 heavy (non-hydrogen) atoms. The molecule has 3 aromatic rings. The molecule has 0 aliphatic carbocycles. The van der Waals surface area contributed by atoms with E-state index < -0.39 is 15.4 Å². The second-order valence-electron chi connectivity index (χ2n) is 5.56. The highest BCUT2D eigenvalue weighted by Crippen LogP contribution is 2.26. The Labute approximate surface area is 145 Å². The molecule has 6 nitrogen and oxygen atoms in total. The molecule has 0 spiro atoms. The molecule has 0 bridgehead atoms. The molecule has 0 unspecified atom stereocenters. The van der Waals surface area contributed by atoms with E-state index >= 15 is 0 Å². The Morgan fingerprint density at radius 2 is 1.92 bits per heavy atom. The van der Waals surface area contributed by atoms with Crippen molar-refractivity contribution in [2.45, 2.75) is 11.5 Å². The molecule has 2 N–H and O–H groups in total. The van der Waals surface area contributed by atoms with Gasteiger partial charge in [0.05, 0.1) is 18.0 Å². The molecule has 0 saturated carbocycles. The van der Waals surface area contributed by atoms with Gasteiger partial charge in [-0.15, -0.1) is 0 Å². The SMILES string of the molecule is COc1ccc2c(OCc3cc(F)cc(S(C)(=N)=N)c3)ncnc2c1. The molecule has 1 aromatic heterocycles. The molecule has 0 radical (unpaired) electrons. The number of halogens is 1. The van der Waals surface area contributed by atoms with Crippen molar-refractivity contribution >= 4 is 20.5 Å². The van der Waals surface area contributed by atoms with Gasteiger partial charge in [-0.2, -0.15) is 0 Å². The first-order valence-corrected chi connectivity index (χ1v) is 9.39. The summed E-state index contributed by atoms with van der Waals surface area (Å²) in [7, 11) is -0.929. The van der Waals surface area contributed by atoms with Crippen LogP contribution in [0.4, 0.5) is 4.39 Å². The molecule has 0 aliphatic rings. The van der Waals surface area contributed by atoms with Crippen molar-refractivity contribution in [2.75, 3.05) is 13.4 Å². The molecular formula is C17H17FN4O2S. The van der Waals surface area contributed by atoms with Crippen molar-refractivity contribution < 1.29 is 13.9 Å². The Bertz CT molecular complexity index is 1040. The summed E-state index contributed by atoms with van der Waals surface area (Å²) in [6.45, 7) is 0.0818. The van der Waals surface area contributed by atoms with Crippen molar-refractivity contribution in [3.05, 3.63) is 54.1 Å². The van der Waals surface area contributed by atoms with Gasteiger partial charge in [-0.3, -0.25) is 9.56 Å². The molecule has 0 saturated heterocycles. The normalized spacial score (nSPS) is 11.5. The summed E-state index contributed by atoms with van der Waals surface area (Å²) >= 11 is 0. The third-order valence-corrected chi connectivity index (χ3v) is 4.76. The number of hydrogen-bond donors (Lipinski definition) is 2. The van der Waals surface area contributed by atoms with Gasteiger partial charge < -0.3 is 9.47 Å². The largest absolute Gasteiger partial charge is 0.497 e. The average molecular weight is 360 g/mol. The van der Waals surface area contributed by atoms with E-state index in [0.29, 0.717) is 27.6 Å². The molecule has 0 amide bonds. The summed E-state index contributed by atoms with van der Waals surface area (Å²) in [5.74, 6) is 0.581. The fourth-order valence-corrected chi connectivity index (χ4v) is 3.08. The number of nitrogens with one attached hydrogen (secondary N) is 2. The van der Waals surface area contributed by atoms with E-state index in [1.807, 2.05) is 0 Å². The zero-order chi connectivity index (χ0) is 18.0. The third kappa shape index (κ3) is 3.85. The monoisotopic (exact) mass is 360 g/mol. The number of benzene rings is 2. The molecule has 0 atom stereocenters. The average Bonchev–Trinajstić information content (AvgIpc) is 2.58. The van der Waals surface area contributed by atoms with Gasteiger partial charge in [0.1, 0.15) is 24.5 Å². The lowest BCUT2D eigenvalue weighted by Crippen LogP contribution is -2.02. The number of hydrogen-bond acceptors (Lipinski definition) is 6. The van der Waals surface area contributed by atoms with E-state index in [4.69, 9.17) is 19.0 Å². The number of methoxy groups -OCH3 is 1. The first kappa shape index (κ1) is 17.1. The van der Waals surface area contributed by atoms with Crippen LogP contribution in [0.5, 0.6) is 11.6 Å². The van der Waals surface area contributed by atoms with Crippen LogP contribution in [0.25, 0.3) is 10.9 Å². The van der Waals surface area contributed by atoms with E-state index in [-0.39, 0.29) is 6.61 Å². The standard InChI is InChI=1S/C17H17FN4O2S/c1-23-13-3-4-15-16(8-13)21-10-22-17(15)24-9-11-5-12(18)7-14(6-11)25(2,19)20/h3-8,10,19-20H,9H2,1-2H3. The summed E-state index contributed by atoms with van der Waals surface area (Å²) < 4.78 is 40.3. The van der Waals surface area contributed by atoms with Crippen molar-refractivity contribution in [1.29, 1.82) is 9.56 Å². The maximum Gasteiger partial charge on any atom is 0.224 e. The topological polar surface area (TPSA) is 91.9 Å². The summed E-state index contributed by atoms with van der Waals surface area (Å²) in [6, 6.07) is 9.55. The minimum absolute atomic E-state index is 0.0818. The van der Waals surface area contributed by atoms with Crippen LogP contribution in [0.1, 0.15) is 5.56 Å². The predicted molar refractivity (Wildman–Crippen MR) is 93.8 cm³/mol. The van der Waals surface area contributed by atoms with Crippen LogP contribution in [0.15, 0.2) is 47.6 Å². The summed E-state index contributed by atoms with van der Waals surface area (Å²) in [4.78, 5) is 8.67. The summed E-state index contributed by atoms with van der Waals surface area (Å²) in [5, 5.41) is 0.719. The lowest BCUT2D eigenvalue weighted by molar-refractivity contribution is 0.296. The third-order valence-electron chi connectivity index (χ3n) is 3.59. The molecule has 0 fully saturated rings. The number of ether oxygens (including phenoxy) is 2. The van der Waals surface area contributed by atoms with Gasteiger partial charge in [0, 0.05) is 17.2 Å². The Morgan fingerprint density at radius 1 is 1.12 bits per heavy atom. The Hall–Kier alpha value is -2.74. The van der Waals surface area contributed by atoms with Gasteiger partial charge in [-0.05, 0) is 45.5 Å². The van der Waals surface area contributed by atoms with Gasteiger partial charge >= 0.3 is 0 Å². The maximum atomic E-state index is 13.8. The zero-order valence-electron chi connectivity index (χ0n) is 13.7. The van der Waals surface area contributed by atoms with Crippen LogP contribution >= 0.6 is 0 Å². The summed E-state index contributed by atoms with van der Waals surface area (Å²) in [6.07, 6.45) is 2.86. The van der Waals surface area contributed by atoms with Crippen molar-refractivity contribution in [2.24, 2.45) is 0 Å². The Morgan fingerprint density at radius 3 is 2.64 bits per heavy atom. The molecular weight excluding hydrogens is 343 g/mol.